The van der Waals surface area contributed by atoms with E-state index in [0.29, 0.717) is 13.0 Å². The number of nitrogens with zero attached hydrogens (tertiary/aromatic N) is 1. The lowest BCUT2D eigenvalue weighted by molar-refractivity contribution is -0.141. The largest absolute Gasteiger partial charge is 0.493 e. The Morgan fingerprint density at radius 2 is 2.04 bits per heavy atom. The summed E-state index contributed by atoms with van der Waals surface area (Å²) in [6, 6.07) is 5.95. The molecule has 132 valence electrons. The van der Waals surface area contributed by atoms with Crippen molar-refractivity contribution in [2.24, 2.45) is 5.92 Å². The summed E-state index contributed by atoms with van der Waals surface area (Å²) < 4.78 is 11.6. The zero-order chi connectivity index (χ0) is 17.1. The molecule has 6 heteroatoms. The van der Waals surface area contributed by atoms with Gasteiger partial charge in [0.1, 0.15) is 6.10 Å². The third-order valence-corrected chi connectivity index (χ3v) is 5.03. The molecule has 3 rings (SSSR count). The lowest BCUT2D eigenvalue weighted by Crippen LogP contribution is -2.35. The average Bonchev–Trinajstić information content (AvgIpc) is 3.07. The van der Waals surface area contributed by atoms with Crippen LogP contribution in [0.3, 0.4) is 0 Å². The number of hydrogen-bond donors (Lipinski definition) is 2. The van der Waals surface area contributed by atoms with Crippen LogP contribution in [0.4, 0.5) is 0 Å². The van der Waals surface area contributed by atoms with Gasteiger partial charge < -0.3 is 24.8 Å². The van der Waals surface area contributed by atoms with Gasteiger partial charge in [0.2, 0.25) is 0 Å². The highest BCUT2D eigenvalue weighted by Gasteiger charge is 2.30. The molecule has 2 saturated heterocycles. The van der Waals surface area contributed by atoms with Crippen LogP contribution in [0.25, 0.3) is 0 Å². The van der Waals surface area contributed by atoms with E-state index in [-0.39, 0.29) is 18.1 Å². The molecule has 0 bridgehead atoms. The minimum atomic E-state index is -0.735. The first-order valence-electron chi connectivity index (χ1n) is 8.56. The first-order chi connectivity index (χ1) is 11.6. The fourth-order valence-electron chi connectivity index (χ4n) is 3.46. The Kier molecular flexibility index (Phi) is 5.26. The molecular formula is C18H26N2O4. The van der Waals surface area contributed by atoms with E-state index in [1.807, 2.05) is 18.2 Å². The minimum Gasteiger partial charge on any atom is -0.493 e. The molecule has 0 saturated carbocycles. The van der Waals surface area contributed by atoms with Crippen LogP contribution in [0.1, 0.15) is 30.9 Å². The van der Waals surface area contributed by atoms with Gasteiger partial charge in [0.25, 0.3) is 0 Å². The van der Waals surface area contributed by atoms with Crippen LogP contribution < -0.4 is 14.8 Å². The number of rotatable bonds is 5. The van der Waals surface area contributed by atoms with Gasteiger partial charge in [0.15, 0.2) is 11.5 Å². The Hall–Kier alpha value is -1.79. The van der Waals surface area contributed by atoms with E-state index < -0.39 is 5.97 Å². The number of aliphatic carboxylic acids is 1. The SMILES string of the molecule is COc1ccc(C2CC(C(=O)O)CN2)cc1OC1CCN(C)CC1. The molecule has 2 atom stereocenters. The summed E-state index contributed by atoms with van der Waals surface area (Å²) >= 11 is 0. The molecule has 0 aliphatic carbocycles. The van der Waals surface area contributed by atoms with Crippen LogP contribution in [-0.4, -0.2) is 55.9 Å². The van der Waals surface area contributed by atoms with Crippen molar-refractivity contribution in [3.05, 3.63) is 23.8 Å². The Balaban J connectivity index is 1.72. The topological polar surface area (TPSA) is 71.0 Å². The van der Waals surface area contributed by atoms with Gasteiger partial charge in [0, 0.05) is 25.7 Å². The molecule has 1 aromatic carbocycles. The van der Waals surface area contributed by atoms with Gasteiger partial charge in [-0.05, 0) is 44.0 Å². The summed E-state index contributed by atoms with van der Waals surface area (Å²) in [6.45, 7) is 2.59. The Morgan fingerprint density at radius 3 is 2.67 bits per heavy atom. The average molecular weight is 334 g/mol. The Labute approximate surface area is 142 Å². The number of nitrogens with one attached hydrogen (secondary N) is 1. The number of carboxylic acids is 1. The van der Waals surface area contributed by atoms with E-state index in [1.165, 1.54) is 0 Å². The molecule has 2 aliphatic heterocycles. The predicted octanol–water partition coefficient (Wildman–Crippen LogP) is 1.90. The molecule has 2 unspecified atom stereocenters. The van der Waals surface area contributed by atoms with E-state index in [4.69, 9.17) is 14.6 Å². The fourth-order valence-corrected chi connectivity index (χ4v) is 3.46. The van der Waals surface area contributed by atoms with Crippen LogP contribution in [0.2, 0.25) is 0 Å². The van der Waals surface area contributed by atoms with E-state index in [0.717, 1.165) is 43.0 Å². The molecule has 2 aliphatic rings. The number of carbonyl (C=O) groups is 1. The van der Waals surface area contributed by atoms with Crippen LogP contribution in [0, 0.1) is 5.92 Å². The van der Waals surface area contributed by atoms with Gasteiger partial charge in [0.05, 0.1) is 13.0 Å². The number of hydrogen-bond acceptors (Lipinski definition) is 5. The number of ether oxygens (including phenoxy) is 2. The summed E-state index contributed by atoms with van der Waals surface area (Å²) in [5, 5.41) is 12.5. The van der Waals surface area contributed by atoms with Crippen molar-refractivity contribution >= 4 is 5.97 Å². The molecule has 2 fully saturated rings. The van der Waals surface area contributed by atoms with E-state index in [2.05, 4.69) is 17.3 Å². The minimum absolute atomic E-state index is 0.0526. The van der Waals surface area contributed by atoms with Crippen molar-refractivity contribution in [1.29, 1.82) is 0 Å². The van der Waals surface area contributed by atoms with Crippen molar-refractivity contribution in [3.8, 4) is 11.5 Å². The van der Waals surface area contributed by atoms with Gasteiger partial charge in [-0.15, -0.1) is 0 Å². The van der Waals surface area contributed by atoms with E-state index >= 15 is 0 Å². The molecule has 0 aromatic heterocycles. The van der Waals surface area contributed by atoms with Crippen LogP contribution in [0.15, 0.2) is 18.2 Å². The fraction of sp³-hybridized carbons (Fsp3) is 0.611. The highest BCUT2D eigenvalue weighted by atomic mass is 16.5. The van der Waals surface area contributed by atoms with Crippen molar-refractivity contribution in [2.45, 2.75) is 31.4 Å². The lowest BCUT2D eigenvalue weighted by atomic mass is 9.99. The van der Waals surface area contributed by atoms with Crippen LogP contribution >= 0.6 is 0 Å². The van der Waals surface area contributed by atoms with Crippen molar-refractivity contribution in [2.75, 3.05) is 33.8 Å². The molecule has 2 heterocycles. The number of likely N-dealkylation sites (tertiary alicyclic amines) is 1. The maximum absolute atomic E-state index is 11.1. The van der Waals surface area contributed by atoms with Crippen molar-refractivity contribution < 1.29 is 19.4 Å². The maximum Gasteiger partial charge on any atom is 0.307 e. The van der Waals surface area contributed by atoms with E-state index in [1.54, 1.807) is 7.11 Å². The van der Waals surface area contributed by atoms with Gasteiger partial charge in [-0.1, -0.05) is 6.07 Å². The van der Waals surface area contributed by atoms with Crippen LogP contribution in [0.5, 0.6) is 11.5 Å². The smallest absolute Gasteiger partial charge is 0.307 e. The molecule has 24 heavy (non-hydrogen) atoms. The molecule has 0 amide bonds. The van der Waals surface area contributed by atoms with E-state index in [9.17, 15) is 4.79 Å². The molecule has 1 aromatic rings. The Bertz CT molecular complexity index is 584. The summed E-state index contributed by atoms with van der Waals surface area (Å²) in [5.41, 5.74) is 1.06. The normalized spacial score (nSPS) is 25.6. The van der Waals surface area contributed by atoms with Gasteiger partial charge in [-0.3, -0.25) is 4.79 Å². The number of benzene rings is 1. The molecular weight excluding hydrogens is 308 g/mol. The molecule has 0 radical (unpaired) electrons. The van der Waals surface area contributed by atoms with Gasteiger partial charge in [-0.2, -0.15) is 0 Å². The maximum atomic E-state index is 11.1. The number of methoxy groups -OCH3 is 1. The summed E-state index contributed by atoms with van der Waals surface area (Å²) in [4.78, 5) is 13.5. The van der Waals surface area contributed by atoms with Gasteiger partial charge >= 0.3 is 5.97 Å². The van der Waals surface area contributed by atoms with Crippen molar-refractivity contribution in [3.63, 3.8) is 0 Å². The molecule has 6 nitrogen and oxygen atoms in total. The first kappa shape index (κ1) is 17.0. The van der Waals surface area contributed by atoms with Gasteiger partial charge in [-0.25, -0.2) is 0 Å². The number of carboxylic acid groups (broad SMARTS) is 1. The lowest BCUT2D eigenvalue weighted by Gasteiger charge is -2.30. The summed E-state index contributed by atoms with van der Waals surface area (Å²) in [6.07, 6.45) is 2.82. The second kappa shape index (κ2) is 7.40. The quantitative estimate of drug-likeness (QED) is 0.857. The van der Waals surface area contributed by atoms with Crippen LogP contribution in [-0.2, 0) is 4.79 Å². The summed E-state index contributed by atoms with van der Waals surface area (Å²) in [5.74, 6) is 0.423. The third-order valence-electron chi connectivity index (χ3n) is 5.03. The van der Waals surface area contributed by atoms with Crippen molar-refractivity contribution in [1.82, 2.24) is 10.2 Å². The predicted molar refractivity (Wildman–Crippen MR) is 90.6 cm³/mol. The third kappa shape index (κ3) is 3.82. The summed E-state index contributed by atoms with van der Waals surface area (Å²) in [7, 11) is 3.77. The second-order valence-electron chi connectivity index (χ2n) is 6.76. The highest BCUT2D eigenvalue weighted by molar-refractivity contribution is 5.70. The molecule has 2 N–H and O–H groups in total. The second-order valence-corrected chi connectivity index (χ2v) is 6.76. The number of piperidine rings is 1. The first-order valence-corrected chi connectivity index (χ1v) is 8.56. The molecule has 0 spiro atoms. The monoisotopic (exact) mass is 334 g/mol. The zero-order valence-electron chi connectivity index (χ0n) is 14.3. The highest BCUT2D eigenvalue weighted by Crippen LogP contribution is 2.35. The zero-order valence-corrected chi connectivity index (χ0v) is 14.3. The standard InChI is InChI=1S/C18H26N2O4/c1-20-7-5-14(6-8-20)24-17-10-12(3-4-16(17)23-2)15-9-13(11-19-15)18(21)22/h3-4,10,13-15,19H,5-9,11H2,1-2H3,(H,21,22). The Morgan fingerprint density at radius 1 is 1.29 bits per heavy atom.